The molecule has 0 saturated carbocycles. The summed E-state index contributed by atoms with van der Waals surface area (Å²) in [5.41, 5.74) is 2.23. The summed E-state index contributed by atoms with van der Waals surface area (Å²) in [6, 6.07) is 19.9. The number of hydrogen-bond acceptors (Lipinski definition) is 4. The van der Waals surface area contributed by atoms with Gasteiger partial charge in [0.05, 0.1) is 0 Å². The van der Waals surface area contributed by atoms with Gasteiger partial charge in [0.2, 0.25) is 0 Å². The average Bonchev–Trinajstić information content (AvgIpc) is 3.01. The second-order valence-corrected chi connectivity index (χ2v) is 6.07. The van der Waals surface area contributed by atoms with E-state index in [-0.39, 0.29) is 22.7 Å². The van der Waals surface area contributed by atoms with E-state index in [1.54, 1.807) is 19.1 Å². The molecule has 0 aliphatic carbocycles. The number of nitrogens with one attached hydrogen (secondary N) is 3. The van der Waals surface area contributed by atoms with E-state index in [1.165, 1.54) is 10.6 Å². The molecule has 0 unspecified atom stereocenters. The van der Waals surface area contributed by atoms with Crippen LogP contribution < -0.4 is 16.2 Å². The lowest BCUT2D eigenvalue weighted by Gasteiger charge is -2.08. The molecule has 0 aliphatic heterocycles. The average molecular weight is 359 g/mol. The molecule has 0 atom stereocenters. The van der Waals surface area contributed by atoms with Crippen LogP contribution in [0.15, 0.2) is 71.5 Å². The van der Waals surface area contributed by atoms with Gasteiger partial charge in [0.25, 0.3) is 11.5 Å². The fraction of sp³-hybridized carbons (Fsp3) is 0.0500. The predicted octanol–water partition coefficient (Wildman–Crippen LogP) is 3.33. The van der Waals surface area contributed by atoms with Crippen LogP contribution in [0.2, 0.25) is 0 Å². The summed E-state index contributed by atoms with van der Waals surface area (Å²) in [7, 11) is 0. The van der Waals surface area contributed by atoms with Crippen molar-refractivity contribution in [2.24, 2.45) is 0 Å². The number of H-pyrrole nitrogens is 1. The third-order valence-corrected chi connectivity index (χ3v) is 4.05. The SMILES string of the molecule is Cc1cc(=O)n2[nH]c(Nc3ccccc3)c(C(=O)Nc3ccccc3)c2n1. The number of para-hydroxylation sites is 2. The number of fused-ring (bicyclic) bond motifs is 1. The number of benzene rings is 2. The van der Waals surface area contributed by atoms with Crippen LogP contribution in [0.3, 0.4) is 0 Å². The minimum absolute atomic E-state index is 0.267. The number of amides is 1. The number of carbonyl (C=O) groups is 1. The Morgan fingerprint density at radius 2 is 1.63 bits per heavy atom. The van der Waals surface area contributed by atoms with E-state index >= 15 is 0 Å². The zero-order valence-electron chi connectivity index (χ0n) is 14.6. The molecule has 2 aromatic carbocycles. The predicted molar refractivity (Wildman–Crippen MR) is 105 cm³/mol. The number of aryl methyl sites for hydroxylation is 1. The largest absolute Gasteiger partial charge is 0.340 e. The molecule has 27 heavy (non-hydrogen) atoms. The van der Waals surface area contributed by atoms with Gasteiger partial charge in [0.1, 0.15) is 11.4 Å². The summed E-state index contributed by atoms with van der Waals surface area (Å²) < 4.78 is 1.26. The van der Waals surface area contributed by atoms with E-state index in [1.807, 2.05) is 48.5 Å². The van der Waals surface area contributed by atoms with Gasteiger partial charge in [-0.25, -0.2) is 4.98 Å². The number of aromatic nitrogens is 3. The molecular weight excluding hydrogens is 342 g/mol. The van der Waals surface area contributed by atoms with Crippen molar-refractivity contribution in [3.63, 3.8) is 0 Å². The lowest BCUT2D eigenvalue weighted by molar-refractivity contribution is 0.102. The molecule has 4 rings (SSSR count). The summed E-state index contributed by atoms with van der Waals surface area (Å²) in [6.07, 6.45) is 0. The van der Waals surface area contributed by atoms with Crippen molar-refractivity contribution >= 4 is 28.7 Å². The minimum atomic E-state index is -0.365. The zero-order chi connectivity index (χ0) is 18.8. The summed E-state index contributed by atoms with van der Waals surface area (Å²) in [4.78, 5) is 29.7. The van der Waals surface area contributed by atoms with Gasteiger partial charge in [-0.2, -0.15) is 4.52 Å². The monoisotopic (exact) mass is 359 g/mol. The number of carbonyl (C=O) groups excluding carboxylic acids is 1. The van der Waals surface area contributed by atoms with Crippen molar-refractivity contribution in [2.45, 2.75) is 6.92 Å². The Labute approximate surface area is 154 Å². The number of nitrogens with zero attached hydrogens (tertiary/aromatic N) is 2. The molecule has 2 aromatic heterocycles. The van der Waals surface area contributed by atoms with E-state index in [2.05, 4.69) is 20.7 Å². The highest BCUT2D eigenvalue weighted by Gasteiger charge is 2.22. The van der Waals surface area contributed by atoms with Gasteiger partial charge in [-0.05, 0) is 31.2 Å². The van der Waals surface area contributed by atoms with Gasteiger partial charge in [-0.15, -0.1) is 0 Å². The molecule has 7 nitrogen and oxygen atoms in total. The van der Waals surface area contributed by atoms with Crippen LogP contribution in [0.1, 0.15) is 16.1 Å². The van der Waals surface area contributed by atoms with Gasteiger partial charge in [0.15, 0.2) is 5.65 Å². The van der Waals surface area contributed by atoms with Crippen molar-refractivity contribution < 1.29 is 4.79 Å². The first-order chi connectivity index (χ1) is 13.1. The Balaban J connectivity index is 1.84. The van der Waals surface area contributed by atoms with Crippen LogP contribution in [-0.2, 0) is 0 Å². The topological polar surface area (TPSA) is 91.3 Å². The summed E-state index contributed by atoms with van der Waals surface area (Å²) >= 11 is 0. The van der Waals surface area contributed by atoms with Crippen molar-refractivity contribution in [3.8, 4) is 0 Å². The fourth-order valence-electron chi connectivity index (χ4n) is 2.84. The molecule has 0 fully saturated rings. The zero-order valence-corrected chi connectivity index (χ0v) is 14.6. The lowest BCUT2D eigenvalue weighted by Crippen LogP contribution is -2.17. The van der Waals surface area contributed by atoms with Gasteiger partial charge in [-0.1, -0.05) is 36.4 Å². The Morgan fingerprint density at radius 1 is 1.00 bits per heavy atom. The standard InChI is InChI=1S/C20H17N5O2/c1-13-12-16(26)25-19(21-13)17(20(27)23-15-10-6-3-7-11-15)18(24-25)22-14-8-4-2-5-9-14/h2-12,22,24H,1H3,(H,23,27). The van der Waals surface area contributed by atoms with Crippen LogP contribution >= 0.6 is 0 Å². The molecule has 0 saturated heterocycles. The van der Waals surface area contributed by atoms with Crippen molar-refractivity contribution in [1.82, 2.24) is 14.6 Å². The Hall–Kier alpha value is -3.87. The van der Waals surface area contributed by atoms with Crippen LogP contribution in [0, 0.1) is 6.92 Å². The summed E-state index contributed by atoms with van der Waals surface area (Å²) in [5, 5.41) is 8.95. The van der Waals surface area contributed by atoms with E-state index in [4.69, 9.17) is 0 Å². The lowest BCUT2D eigenvalue weighted by atomic mass is 10.2. The smallest absolute Gasteiger partial charge is 0.272 e. The highest BCUT2D eigenvalue weighted by molar-refractivity contribution is 6.12. The molecule has 3 N–H and O–H groups in total. The van der Waals surface area contributed by atoms with Crippen LogP contribution in [0.4, 0.5) is 17.2 Å². The molecular formula is C20H17N5O2. The Morgan fingerprint density at radius 3 is 2.30 bits per heavy atom. The minimum Gasteiger partial charge on any atom is -0.340 e. The van der Waals surface area contributed by atoms with Crippen LogP contribution in [0.5, 0.6) is 0 Å². The highest BCUT2D eigenvalue weighted by Crippen LogP contribution is 2.23. The molecule has 134 valence electrons. The maximum absolute atomic E-state index is 13.0. The molecule has 2 heterocycles. The highest BCUT2D eigenvalue weighted by atomic mass is 16.2. The fourth-order valence-corrected chi connectivity index (χ4v) is 2.84. The van der Waals surface area contributed by atoms with Crippen molar-refractivity contribution in [1.29, 1.82) is 0 Å². The molecule has 7 heteroatoms. The first-order valence-corrected chi connectivity index (χ1v) is 8.42. The van der Waals surface area contributed by atoms with Crippen molar-refractivity contribution in [3.05, 3.63) is 88.3 Å². The van der Waals surface area contributed by atoms with E-state index < -0.39 is 0 Å². The number of anilines is 3. The quantitative estimate of drug-likeness (QED) is 0.521. The van der Waals surface area contributed by atoms with E-state index in [0.717, 1.165) is 5.69 Å². The Bertz CT molecular complexity index is 1160. The maximum atomic E-state index is 13.0. The molecule has 4 aromatic rings. The summed E-state index contributed by atoms with van der Waals surface area (Å²) in [5.74, 6) is 0.0284. The normalized spacial score (nSPS) is 10.7. The molecule has 0 radical (unpaired) electrons. The number of hydrogen-bond donors (Lipinski definition) is 3. The van der Waals surface area contributed by atoms with Gasteiger partial charge in [-0.3, -0.25) is 14.7 Å². The van der Waals surface area contributed by atoms with Gasteiger partial charge >= 0.3 is 0 Å². The van der Waals surface area contributed by atoms with Crippen LogP contribution in [-0.4, -0.2) is 20.5 Å². The van der Waals surface area contributed by atoms with Crippen molar-refractivity contribution in [2.75, 3.05) is 10.6 Å². The maximum Gasteiger partial charge on any atom is 0.272 e. The van der Waals surface area contributed by atoms with E-state index in [0.29, 0.717) is 17.2 Å². The first-order valence-electron chi connectivity index (χ1n) is 8.42. The number of aromatic amines is 1. The first kappa shape index (κ1) is 16.6. The molecule has 0 aliphatic rings. The third-order valence-electron chi connectivity index (χ3n) is 4.05. The van der Waals surface area contributed by atoms with E-state index in [9.17, 15) is 9.59 Å². The number of rotatable bonds is 4. The second kappa shape index (κ2) is 6.80. The molecule has 0 bridgehead atoms. The van der Waals surface area contributed by atoms with Crippen LogP contribution in [0.25, 0.3) is 5.65 Å². The van der Waals surface area contributed by atoms with Gasteiger partial charge < -0.3 is 10.6 Å². The summed E-state index contributed by atoms with van der Waals surface area (Å²) in [6.45, 7) is 1.72. The van der Waals surface area contributed by atoms with Gasteiger partial charge in [0, 0.05) is 23.1 Å². The Kier molecular flexibility index (Phi) is 4.18. The molecule has 1 amide bonds. The second-order valence-electron chi connectivity index (χ2n) is 6.07. The molecule has 0 spiro atoms. The third kappa shape index (κ3) is 3.30.